The van der Waals surface area contributed by atoms with Gasteiger partial charge in [-0.3, -0.25) is 0 Å². The molecule has 70 valence electrons. The summed E-state index contributed by atoms with van der Waals surface area (Å²) in [7, 11) is 0. The summed E-state index contributed by atoms with van der Waals surface area (Å²) < 4.78 is 0. The van der Waals surface area contributed by atoms with E-state index in [1.807, 2.05) is 0 Å². The maximum absolute atomic E-state index is 10.5. The number of carboxylic acids is 1. The van der Waals surface area contributed by atoms with Crippen LogP contribution in [0.2, 0.25) is 0 Å². The van der Waals surface area contributed by atoms with Crippen molar-refractivity contribution in [3.05, 3.63) is 29.8 Å². The number of phenolic OH excluding ortho intramolecular Hbond substituents is 1. The number of aliphatic carboxylic acids is 1. The minimum Gasteiger partial charge on any atom is -0.547 e. The fourth-order valence-corrected chi connectivity index (χ4v) is 0.904. The molecular formula is C9H9O4-. The molecule has 1 aromatic carbocycles. The van der Waals surface area contributed by atoms with E-state index in [1.54, 1.807) is 0 Å². The zero-order valence-electron chi connectivity index (χ0n) is 7.02. The van der Waals surface area contributed by atoms with Crippen molar-refractivity contribution in [2.75, 3.05) is 0 Å². The van der Waals surface area contributed by atoms with Gasteiger partial charge >= 0.3 is 0 Å². The molecule has 1 aromatic rings. The number of hydrogen-bond acceptors (Lipinski definition) is 4. The van der Waals surface area contributed by atoms with Gasteiger partial charge in [0.15, 0.2) is 0 Å². The molecule has 0 aromatic heterocycles. The maximum atomic E-state index is 10.5. The Morgan fingerprint density at radius 3 is 2.23 bits per heavy atom. The van der Waals surface area contributed by atoms with Gasteiger partial charge in [0, 0.05) is 0 Å². The lowest BCUT2D eigenvalue weighted by Gasteiger charge is -2.24. The van der Waals surface area contributed by atoms with E-state index in [1.165, 1.54) is 24.3 Å². The van der Waals surface area contributed by atoms with E-state index in [0.29, 0.717) is 0 Å². The van der Waals surface area contributed by atoms with Gasteiger partial charge in [0.2, 0.25) is 0 Å². The summed E-state index contributed by atoms with van der Waals surface area (Å²) in [6.45, 7) is 1.12. The quantitative estimate of drug-likeness (QED) is 0.635. The molecule has 0 saturated heterocycles. The predicted octanol–water partition coefficient (Wildman–Crippen LogP) is -0.650. The van der Waals surface area contributed by atoms with Gasteiger partial charge in [0.05, 0.1) is 5.97 Å². The first-order chi connectivity index (χ1) is 5.94. The van der Waals surface area contributed by atoms with E-state index < -0.39 is 11.6 Å². The van der Waals surface area contributed by atoms with Gasteiger partial charge < -0.3 is 20.1 Å². The third-order valence-electron chi connectivity index (χ3n) is 1.83. The van der Waals surface area contributed by atoms with Crippen molar-refractivity contribution in [1.82, 2.24) is 0 Å². The summed E-state index contributed by atoms with van der Waals surface area (Å²) in [5, 5.41) is 28.8. The second-order valence-electron chi connectivity index (χ2n) is 2.91. The number of rotatable bonds is 2. The van der Waals surface area contributed by atoms with Crippen LogP contribution >= 0.6 is 0 Å². The smallest absolute Gasteiger partial charge is 0.126 e. The number of phenols is 1. The van der Waals surface area contributed by atoms with Crippen LogP contribution in [0, 0.1) is 0 Å². The fraction of sp³-hybridized carbons (Fsp3) is 0.222. The van der Waals surface area contributed by atoms with Crippen molar-refractivity contribution >= 4 is 5.97 Å². The molecule has 4 heteroatoms. The molecule has 0 aliphatic rings. The van der Waals surface area contributed by atoms with Gasteiger partial charge in [0.25, 0.3) is 0 Å². The van der Waals surface area contributed by atoms with E-state index in [9.17, 15) is 15.0 Å². The van der Waals surface area contributed by atoms with Gasteiger partial charge in [-0.2, -0.15) is 0 Å². The highest BCUT2D eigenvalue weighted by Crippen LogP contribution is 2.21. The standard InChI is InChI=1S/C9H10O4/c1-9(13,8(11)12)6-2-4-7(10)5-3-6/h2-5,10,13H,1H3,(H,11,12)/p-1. The van der Waals surface area contributed by atoms with E-state index in [0.717, 1.165) is 6.92 Å². The average Bonchev–Trinajstić information content (AvgIpc) is 2.04. The number of carbonyl (C=O) groups excluding carboxylic acids is 1. The van der Waals surface area contributed by atoms with Crippen molar-refractivity contribution in [2.24, 2.45) is 0 Å². The molecule has 0 fully saturated rings. The maximum Gasteiger partial charge on any atom is 0.126 e. The normalized spacial score (nSPS) is 14.9. The van der Waals surface area contributed by atoms with Gasteiger partial charge in [-0.1, -0.05) is 12.1 Å². The van der Waals surface area contributed by atoms with Gasteiger partial charge in [-0.15, -0.1) is 0 Å². The third kappa shape index (κ3) is 1.78. The highest BCUT2D eigenvalue weighted by Gasteiger charge is 2.24. The van der Waals surface area contributed by atoms with Crippen LogP contribution in [0.1, 0.15) is 12.5 Å². The lowest BCUT2D eigenvalue weighted by atomic mass is 9.96. The number of carboxylic acid groups (broad SMARTS) is 1. The molecule has 0 heterocycles. The summed E-state index contributed by atoms with van der Waals surface area (Å²) >= 11 is 0. The van der Waals surface area contributed by atoms with Crippen LogP contribution in [0.4, 0.5) is 0 Å². The Labute approximate surface area is 75.1 Å². The van der Waals surface area contributed by atoms with E-state index in [2.05, 4.69) is 0 Å². The highest BCUT2D eigenvalue weighted by molar-refractivity contribution is 5.76. The largest absolute Gasteiger partial charge is 0.547 e. The van der Waals surface area contributed by atoms with Crippen LogP contribution in [0.5, 0.6) is 5.75 Å². The topological polar surface area (TPSA) is 80.6 Å². The van der Waals surface area contributed by atoms with Gasteiger partial charge in [-0.05, 0) is 24.6 Å². The highest BCUT2D eigenvalue weighted by atomic mass is 16.4. The molecule has 1 rings (SSSR count). The van der Waals surface area contributed by atoms with Crippen molar-refractivity contribution in [1.29, 1.82) is 0 Å². The van der Waals surface area contributed by atoms with Crippen LogP contribution in [0.3, 0.4) is 0 Å². The Kier molecular flexibility index (Phi) is 2.25. The average molecular weight is 181 g/mol. The van der Waals surface area contributed by atoms with Crippen LogP contribution in [-0.2, 0) is 10.4 Å². The van der Waals surface area contributed by atoms with Gasteiger partial charge in [0.1, 0.15) is 11.4 Å². The van der Waals surface area contributed by atoms with E-state index in [4.69, 9.17) is 5.11 Å². The minimum atomic E-state index is -2.02. The van der Waals surface area contributed by atoms with Crippen molar-refractivity contribution in [3.8, 4) is 5.75 Å². The van der Waals surface area contributed by atoms with E-state index >= 15 is 0 Å². The first-order valence-corrected chi connectivity index (χ1v) is 3.68. The van der Waals surface area contributed by atoms with Crippen LogP contribution in [0.25, 0.3) is 0 Å². The molecule has 0 amide bonds. The molecule has 0 spiro atoms. The molecule has 0 saturated carbocycles. The molecule has 1 unspecified atom stereocenters. The summed E-state index contributed by atoms with van der Waals surface area (Å²) in [6.07, 6.45) is 0. The monoisotopic (exact) mass is 181 g/mol. The second-order valence-corrected chi connectivity index (χ2v) is 2.91. The molecule has 13 heavy (non-hydrogen) atoms. The Bertz CT molecular complexity index is 313. The zero-order valence-corrected chi connectivity index (χ0v) is 7.02. The summed E-state index contributed by atoms with van der Waals surface area (Å²) in [5.74, 6) is -1.56. The first kappa shape index (κ1) is 9.54. The number of aliphatic hydroxyl groups is 1. The lowest BCUT2D eigenvalue weighted by Crippen LogP contribution is -2.43. The lowest BCUT2D eigenvalue weighted by molar-refractivity contribution is -0.324. The Hall–Kier alpha value is -1.55. The number of aromatic hydroxyl groups is 1. The molecular weight excluding hydrogens is 172 g/mol. The molecule has 0 aliphatic carbocycles. The van der Waals surface area contributed by atoms with E-state index in [-0.39, 0.29) is 11.3 Å². The Balaban J connectivity index is 3.08. The summed E-state index contributed by atoms with van der Waals surface area (Å²) in [4.78, 5) is 10.5. The first-order valence-electron chi connectivity index (χ1n) is 3.68. The predicted molar refractivity (Wildman–Crippen MR) is 42.7 cm³/mol. The van der Waals surface area contributed by atoms with Crippen molar-refractivity contribution in [3.63, 3.8) is 0 Å². The van der Waals surface area contributed by atoms with Crippen molar-refractivity contribution < 1.29 is 20.1 Å². The van der Waals surface area contributed by atoms with Crippen LogP contribution in [-0.4, -0.2) is 16.2 Å². The SMILES string of the molecule is CC(O)(C(=O)[O-])c1ccc(O)cc1. The number of carbonyl (C=O) groups is 1. The summed E-state index contributed by atoms with van der Waals surface area (Å²) in [6, 6.07) is 5.25. The Morgan fingerprint density at radius 1 is 1.38 bits per heavy atom. The van der Waals surface area contributed by atoms with Gasteiger partial charge in [-0.25, -0.2) is 0 Å². The fourth-order valence-electron chi connectivity index (χ4n) is 0.904. The Morgan fingerprint density at radius 2 is 1.85 bits per heavy atom. The number of hydrogen-bond donors (Lipinski definition) is 2. The second kappa shape index (κ2) is 3.06. The summed E-state index contributed by atoms with van der Waals surface area (Å²) in [5.41, 5.74) is -1.85. The molecule has 4 nitrogen and oxygen atoms in total. The zero-order chi connectivity index (χ0) is 10.1. The molecule has 1 atom stereocenters. The third-order valence-corrected chi connectivity index (χ3v) is 1.83. The minimum absolute atomic E-state index is 0.0119. The molecule has 2 N–H and O–H groups in total. The molecule has 0 bridgehead atoms. The number of benzene rings is 1. The van der Waals surface area contributed by atoms with Crippen LogP contribution in [0.15, 0.2) is 24.3 Å². The van der Waals surface area contributed by atoms with Crippen molar-refractivity contribution in [2.45, 2.75) is 12.5 Å². The molecule has 0 aliphatic heterocycles. The van der Waals surface area contributed by atoms with Crippen LogP contribution < -0.4 is 5.11 Å². The molecule has 0 radical (unpaired) electrons.